The van der Waals surface area contributed by atoms with Crippen LogP contribution in [0.4, 0.5) is 17.8 Å². The molecule has 48 heavy (non-hydrogen) atoms. The van der Waals surface area contributed by atoms with Crippen molar-refractivity contribution in [2.24, 2.45) is 5.92 Å². The van der Waals surface area contributed by atoms with Gasteiger partial charge in [-0.2, -0.15) is 20.0 Å². The molecule has 3 fully saturated rings. The molecule has 0 unspecified atom stereocenters. The molecule has 10 nitrogen and oxygen atoms in total. The van der Waals surface area contributed by atoms with E-state index in [1.807, 2.05) is 0 Å². The van der Waals surface area contributed by atoms with Crippen LogP contribution in [0, 0.1) is 5.92 Å². The van der Waals surface area contributed by atoms with Gasteiger partial charge in [0.15, 0.2) is 0 Å². The van der Waals surface area contributed by atoms with Gasteiger partial charge in [-0.3, -0.25) is 0 Å². The monoisotopic (exact) mass is 672 g/mol. The van der Waals surface area contributed by atoms with E-state index in [1.54, 1.807) is 7.11 Å². The molecule has 1 aromatic rings. The normalized spacial score (nSPS) is 25.5. The van der Waals surface area contributed by atoms with Crippen molar-refractivity contribution in [2.75, 3.05) is 49.0 Å². The SMILES string of the molecule is CCCCN(c1nc(N(C)CC2CC(C)(C)N(OC)C(C)(C)C2)nc(N(C)C2CC(C)(C)NC(C)(C)C2)n1)C1CC(C)(C)NC(C)(C)C1. The van der Waals surface area contributed by atoms with E-state index in [-0.39, 0.29) is 33.2 Å². The van der Waals surface area contributed by atoms with Crippen LogP contribution in [0.2, 0.25) is 0 Å². The molecule has 3 saturated heterocycles. The number of unbranched alkanes of at least 4 members (excludes halogenated alkanes) is 1. The molecule has 3 aliphatic rings. The van der Waals surface area contributed by atoms with E-state index in [1.165, 1.54) is 0 Å². The summed E-state index contributed by atoms with van der Waals surface area (Å²) in [7, 11) is 6.18. The summed E-state index contributed by atoms with van der Waals surface area (Å²) in [4.78, 5) is 29.1. The molecule has 10 heteroatoms. The Morgan fingerprint density at radius 2 is 1.10 bits per heavy atom. The Balaban J connectivity index is 1.76. The van der Waals surface area contributed by atoms with Gasteiger partial charge in [0.1, 0.15) is 0 Å². The average molecular weight is 672 g/mol. The summed E-state index contributed by atoms with van der Waals surface area (Å²) < 4.78 is 0. The van der Waals surface area contributed by atoms with E-state index in [4.69, 9.17) is 19.8 Å². The lowest BCUT2D eigenvalue weighted by Gasteiger charge is -2.53. The van der Waals surface area contributed by atoms with Gasteiger partial charge in [0.2, 0.25) is 17.8 Å². The van der Waals surface area contributed by atoms with Gasteiger partial charge in [0.05, 0.1) is 7.11 Å². The number of hydrogen-bond donors (Lipinski definition) is 2. The second-order valence-corrected chi connectivity index (χ2v) is 19.6. The Kier molecular flexibility index (Phi) is 11.2. The molecule has 4 rings (SSSR count). The first-order valence-electron chi connectivity index (χ1n) is 18.8. The third kappa shape index (κ3) is 9.32. The van der Waals surface area contributed by atoms with Gasteiger partial charge < -0.3 is 30.2 Å². The van der Waals surface area contributed by atoms with Crippen LogP contribution >= 0.6 is 0 Å². The summed E-state index contributed by atoms with van der Waals surface area (Å²) in [5.74, 6) is 2.85. The molecule has 0 spiro atoms. The molecular formula is C38H73N9O. The average Bonchev–Trinajstić information content (AvgIpc) is 2.88. The van der Waals surface area contributed by atoms with Crippen molar-refractivity contribution in [1.29, 1.82) is 0 Å². The first kappa shape index (κ1) is 39.0. The van der Waals surface area contributed by atoms with Crippen LogP contribution in [0.1, 0.15) is 141 Å². The summed E-state index contributed by atoms with van der Waals surface area (Å²) in [6, 6.07) is 0.642. The third-order valence-corrected chi connectivity index (χ3v) is 11.0. The molecule has 0 amide bonds. The minimum atomic E-state index is -0.0716. The van der Waals surface area contributed by atoms with E-state index in [0.717, 1.165) is 82.3 Å². The first-order chi connectivity index (χ1) is 21.9. The number of hydroxylamine groups is 2. The highest BCUT2D eigenvalue weighted by Gasteiger charge is 2.47. The minimum absolute atomic E-state index is 0.0199. The van der Waals surface area contributed by atoms with Gasteiger partial charge in [-0.15, -0.1) is 0 Å². The Hall–Kier alpha value is -1.75. The summed E-state index contributed by atoms with van der Waals surface area (Å²) in [6.45, 7) is 31.9. The highest BCUT2D eigenvalue weighted by atomic mass is 16.7. The highest BCUT2D eigenvalue weighted by Crippen LogP contribution is 2.42. The number of hydrogen-bond acceptors (Lipinski definition) is 10. The third-order valence-electron chi connectivity index (χ3n) is 11.0. The van der Waals surface area contributed by atoms with Crippen molar-refractivity contribution in [1.82, 2.24) is 30.6 Å². The summed E-state index contributed by atoms with van der Waals surface area (Å²) in [5, 5.41) is 9.95. The van der Waals surface area contributed by atoms with Crippen molar-refractivity contribution in [3.8, 4) is 0 Å². The van der Waals surface area contributed by atoms with Crippen LogP contribution in [0.25, 0.3) is 0 Å². The molecular weight excluding hydrogens is 598 g/mol. The minimum Gasteiger partial charge on any atom is -0.343 e. The van der Waals surface area contributed by atoms with E-state index in [0.29, 0.717) is 18.0 Å². The summed E-state index contributed by atoms with van der Waals surface area (Å²) in [5.41, 5.74) is -0.0631. The topological polar surface area (TPSA) is 84.9 Å². The van der Waals surface area contributed by atoms with E-state index in [2.05, 4.69) is 135 Å². The van der Waals surface area contributed by atoms with Gasteiger partial charge in [-0.05, 0) is 134 Å². The van der Waals surface area contributed by atoms with Gasteiger partial charge in [-0.25, -0.2) is 0 Å². The van der Waals surface area contributed by atoms with Crippen molar-refractivity contribution in [3.63, 3.8) is 0 Å². The van der Waals surface area contributed by atoms with Crippen molar-refractivity contribution in [2.45, 2.75) is 187 Å². The van der Waals surface area contributed by atoms with Crippen molar-refractivity contribution >= 4 is 17.8 Å². The number of piperidine rings is 3. The smallest absolute Gasteiger partial charge is 0.232 e. The molecule has 0 aliphatic carbocycles. The molecule has 0 bridgehead atoms. The number of nitrogens with one attached hydrogen (secondary N) is 2. The van der Waals surface area contributed by atoms with Gasteiger partial charge in [-0.1, -0.05) is 13.3 Å². The molecule has 0 radical (unpaired) electrons. The van der Waals surface area contributed by atoms with Crippen molar-refractivity contribution in [3.05, 3.63) is 0 Å². The molecule has 3 aliphatic heterocycles. The lowest BCUT2D eigenvalue weighted by atomic mass is 9.75. The molecule has 0 saturated carbocycles. The lowest BCUT2D eigenvalue weighted by Crippen LogP contribution is -2.62. The van der Waals surface area contributed by atoms with Crippen molar-refractivity contribution < 1.29 is 4.84 Å². The van der Waals surface area contributed by atoms with E-state index >= 15 is 0 Å². The van der Waals surface area contributed by atoms with Crippen LogP contribution < -0.4 is 25.3 Å². The largest absolute Gasteiger partial charge is 0.343 e. The van der Waals surface area contributed by atoms with Crippen LogP contribution in [0.3, 0.4) is 0 Å². The standard InChI is InChI=1S/C38H73N9O/c1-17-18-19-46(29-24-35(6,7)43-36(8,9)25-29)32-40-30(44(14)26-27-20-37(10,11)47(48-16)38(12,13)21-27)39-31(41-32)45(15)28-22-33(2,3)42-34(4,5)23-28/h27-29,42-43H,17-26H2,1-16H3. The fraction of sp³-hybridized carbons (Fsp3) is 0.921. The van der Waals surface area contributed by atoms with Crippen LogP contribution in [-0.2, 0) is 4.84 Å². The van der Waals surface area contributed by atoms with Crippen LogP contribution in [0.5, 0.6) is 0 Å². The fourth-order valence-corrected chi connectivity index (χ4v) is 10.3. The molecule has 0 aromatic carbocycles. The Bertz CT molecular complexity index is 1190. The molecule has 2 N–H and O–H groups in total. The maximum Gasteiger partial charge on any atom is 0.232 e. The highest BCUT2D eigenvalue weighted by molar-refractivity contribution is 5.48. The van der Waals surface area contributed by atoms with E-state index < -0.39 is 0 Å². The van der Waals surface area contributed by atoms with Gasteiger partial charge in [0.25, 0.3) is 0 Å². The lowest BCUT2D eigenvalue weighted by molar-refractivity contribution is -0.271. The molecule has 1 aromatic heterocycles. The number of anilines is 3. The summed E-state index contributed by atoms with van der Waals surface area (Å²) in [6.07, 6.45) is 8.45. The number of nitrogens with zero attached hydrogens (tertiary/aromatic N) is 7. The van der Waals surface area contributed by atoms with Gasteiger partial charge in [0, 0.05) is 72.5 Å². The number of aromatic nitrogens is 3. The Labute approximate surface area is 294 Å². The number of rotatable bonds is 11. The molecule has 0 atom stereocenters. The fourth-order valence-electron chi connectivity index (χ4n) is 10.3. The second-order valence-electron chi connectivity index (χ2n) is 19.6. The zero-order chi connectivity index (χ0) is 36.1. The Morgan fingerprint density at radius 3 is 1.56 bits per heavy atom. The molecule has 4 heterocycles. The predicted octanol–water partition coefficient (Wildman–Crippen LogP) is 6.80. The first-order valence-corrected chi connectivity index (χ1v) is 18.8. The van der Waals surface area contributed by atoms with Crippen LogP contribution in [0.15, 0.2) is 0 Å². The quantitative estimate of drug-likeness (QED) is 0.262. The zero-order valence-corrected chi connectivity index (χ0v) is 33.8. The maximum atomic E-state index is 5.92. The van der Waals surface area contributed by atoms with Gasteiger partial charge >= 0.3 is 0 Å². The predicted molar refractivity (Wildman–Crippen MR) is 202 cm³/mol. The zero-order valence-electron chi connectivity index (χ0n) is 33.8. The summed E-state index contributed by atoms with van der Waals surface area (Å²) >= 11 is 0. The Morgan fingerprint density at radius 1 is 0.667 bits per heavy atom. The second kappa shape index (κ2) is 13.8. The van der Waals surface area contributed by atoms with Crippen LogP contribution in [-0.4, -0.2) is 99.6 Å². The molecule has 276 valence electrons. The maximum absolute atomic E-state index is 5.92. The van der Waals surface area contributed by atoms with E-state index in [9.17, 15) is 0 Å².